The van der Waals surface area contributed by atoms with Crippen LogP contribution in [0.1, 0.15) is 62.5 Å². The van der Waals surface area contributed by atoms with Gasteiger partial charge < -0.3 is 15.4 Å². The summed E-state index contributed by atoms with van der Waals surface area (Å²) < 4.78 is 18.8. The van der Waals surface area contributed by atoms with Gasteiger partial charge in [-0.3, -0.25) is 14.4 Å². The zero-order valence-electron chi connectivity index (χ0n) is 18.3. The van der Waals surface area contributed by atoms with Crippen molar-refractivity contribution in [2.24, 2.45) is 5.92 Å². The number of hydrogen-bond donors (Lipinski definition) is 2. The molecule has 0 spiro atoms. The second kappa shape index (κ2) is 11.2. The summed E-state index contributed by atoms with van der Waals surface area (Å²) in [5.74, 6) is -0.740. The molecule has 2 N–H and O–H groups in total. The quantitative estimate of drug-likeness (QED) is 0.539. The van der Waals surface area contributed by atoms with Crippen LogP contribution in [0.5, 0.6) is 5.75 Å². The van der Waals surface area contributed by atoms with Gasteiger partial charge in [-0.25, -0.2) is 4.39 Å². The monoisotopic (exact) mass is 428 g/mol. The fourth-order valence-corrected chi connectivity index (χ4v) is 3.12. The maximum Gasteiger partial charge on any atom is 0.258 e. The van der Waals surface area contributed by atoms with Crippen molar-refractivity contribution in [2.45, 2.75) is 46.6 Å². The molecular weight excluding hydrogens is 399 g/mol. The molecule has 0 bridgehead atoms. The number of rotatable bonds is 10. The predicted molar refractivity (Wildman–Crippen MR) is 118 cm³/mol. The average Bonchev–Trinajstić information content (AvgIpc) is 2.71. The van der Waals surface area contributed by atoms with Crippen LogP contribution >= 0.6 is 0 Å². The van der Waals surface area contributed by atoms with Crippen molar-refractivity contribution in [3.63, 3.8) is 0 Å². The summed E-state index contributed by atoms with van der Waals surface area (Å²) in [7, 11) is 0. The van der Waals surface area contributed by atoms with E-state index in [0.717, 1.165) is 12.0 Å². The Kier molecular flexibility index (Phi) is 8.73. The SMILES string of the molecule is CCCC(=O)Nc1ccc(OCC(=O)NC(c2ccc(F)cc2)C(C)C)c(C(C)=O)c1. The molecule has 6 nitrogen and oxygen atoms in total. The van der Waals surface area contributed by atoms with E-state index in [0.29, 0.717) is 12.1 Å². The van der Waals surface area contributed by atoms with Gasteiger partial charge in [-0.05, 0) is 55.2 Å². The smallest absolute Gasteiger partial charge is 0.258 e. The van der Waals surface area contributed by atoms with E-state index in [4.69, 9.17) is 4.74 Å². The second-order valence-electron chi connectivity index (χ2n) is 7.69. The van der Waals surface area contributed by atoms with Gasteiger partial charge in [-0.2, -0.15) is 0 Å². The summed E-state index contributed by atoms with van der Waals surface area (Å²) in [5, 5.41) is 5.63. The van der Waals surface area contributed by atoms with Gasteiger partial charge in [0.1, 0.15) is 11.6 Å². The number of benzene rings is 2. The van der Waals surface area contributed by atoms with Crippen molar-refractivity contribution in [1.82, 2.24) is 5.32 Å². The van der Waals surface area contributed by atoms with Crippen LogP contribution in [-0.4, -0.2) is 24.2 Å². The number of nitrogens with one attached hydrogen (secondary N) is 2. The van der Waals surface area contributed by atoms with Crippen LogP contribution in [0.3, 0.4) is 0 Å². The third-order valence-corrected chi connectivity index (χ3v) is 4.69. The first kappa shape index (κ1) is 24.1. The Morgan fingerprint density at radius 3 is 2.29 bits per heavy atom. The van der Waals surface area contributed by atoms with Crippen molar-refractivity contribution in [3.8, 4) is 5.75 Å². The minimum Gasteiger partial charge on any atom is -0.483 e. The lowest BCUT2D eigenvalue weighted by Crippen LogP contribution is -2.35. The Balaban J connectivity index is 2.06. The van der Waals surface area contributed by atoms with Gasteiger partial charge >= 0.3 is 0 Å². The zero-order valence-corrected chi connectivity index (χ0v) is 18.3. The molecule has 31 heavy (non-hydrogen) atoms. The summed E-state index contributed by atoms with van der Waals surface area (Å²) in [4.78, 5) is 36.3. The highest BCUT2D eigenvalue weighted by molar-refractivity contribution is 5.99. The third-order valence-electron chi connectivity index (χ3n) is 4.69. The molecule has 0 aliphatic heterocycles. The first-order valence-electron chi connectivity index (χ1n) is 10.3. The summed E-state index contributed by atoms with van der Waals surface area (Å²) in [6, 6.07) is 10.4. The van der Waals surface area contributed by atoms with Crippen LogP contribution in [0.25, 0.3) is 0 Å². The van der Waals surface area contributed by atoms with Gasteiger partial charge in [0.2, 0.25) is 5.91 Å². The molecule has 2 amide bonds. The molecule has 166 valence electrons. The Bertz CT molecular complexity index is 926. The number of Topliss-reactive ketones (excluding diaryl/α,β-unsaturated/α-hetero) is 1. The molecule has 2 rings (SSSR count). The molecule has 0 radical (unpaired) electrons. The number of amides is 2. The fourth-order valence-electron chi connectivity index (χ4n) is 3.12. The van der Waals surface area contributed by atoms with Crippen LogP contribution in [0.2, 0.25) is 0 Å². The first-order valence-corrected chi connectivity index (χ1v) is 10.3. The number of ether oxygens (including phenoxy) is 1. The summed E-state index contributed by atoms with van der Waals surface area (Å²) in [5.41, 5.74) is 1.57. The minimum atomic E-state index is -0.363. The minimum absolute atomic E-state index is 0.0770. The predicted octanol–water partition coefficient (Wildman–Crippen LogP) is 4.66. The molecule has 0 aromatic heterocycles. The van der Waals surface area contributed by atoms with Crippen LogP contribution in [-0.2, 0) is 9.59 Å². The molecule has 2 aromatic rings. The van der Waals surface area contributed by atoms with E-state index in [1.54, 1.807) is 30.3 Å². The molecule has 1 unspecified atom stereocenters. The topological polar surface area (TPSA) is 84.5 Å². The fraction of sp³-hybridized carbons (Fsp3) is 0.375. The molecule has 0 saturated heterocycles. The maximum absolute atomic E-state index is 13.2. The van der Waals surface area contributed by atoms with Gasteiger partial charge in [0.25, 0.3) is 5.91 Å². The van der Waals surface area contributed by atoms with E-state index < -0.39 is 0 Å². The first-order chi connectivity index (χ1) is 14.7. The van der Waals surface area contributed by atoms with Crippen LogP contribution in [0.15, 0.2) is 42.5 Å². The van der Waals surface area contributed by atoms with Gasteiger partial charge in [0.15, 0.2) is 12.4 Å². The van der Waals surface area contributed by atoms with Crippen LogP contribution in [0.4, 0.5) is 10.1 Å². The highest BCUT2D eigenvalue weighted by Crippen LogP contribution is 2.25. The Hall–Kier alpha value is -3.22. The standard InChI is InChI=1S/C24H29FN2O4/c1-5-6-22(29)26-19-11-12-21(20(13-19)16(4)28)31-14-23(30)27-24(15(2)3)17-7-9-18(25)10-8-17/h7-13,15,24H,5-6,14H2,1-4H3,(H,26,29)(H,27,30). The van der Waals surface area contributed by atoms with Crippen molar-refractivity contribution < 1.29 is 23.5 Å². The van der Waals surface area contributed by atoms with Crippen molar-refractivity contribution >= 4 is 23.3 Å². The highest BCUT2D eigenvalue weighted by atomic mass is 19.1. The average molecular weight is 429 g/mol. The lowest BCUT2D eigenvalue weighted by atomic mass is 9.96. The number of carbonyl (C=O) groups excluding carboxylic acids is 3. The summed E-state index contributed by atoms with van der Waals surface area (Å²) in [6.45, 7) is 6.92. The van der Waals surface area contributed by atoms with E-state index >= 15 is 0 Å². The number of ketones is 1. The molecule has 0 saturated carbocycles. The summed E-state index contributed by atoms with van der Waals surface area (Å²) >= 11 is 0. The third kappa shape index (κ3) is 7.20. The second-order valence-corrected chi connectivity index (χ2v) is 7.69. The number of carbonyl (C=O) groups is 3. The highest BCUT2D eigenvalue weighted by Gasteiger charge is 2.19. The number of hydrogen-bond acceptors (Lipinski definition) is 4. The van der Waals surface area contributed by atoms with Crippen molar-refractivity contribution in [1.29, 1.82) is 0 Å². The molecule has 1 atom stereocenters. The van der Waals surface area contributed by atoms with Crippen molar-refractivity contribution in [2.75, 3.05) is 11.9 Å². The molecule has 0 heterocycles. The number of anilines is 1. The lowest BCUT2D eigenvalue weighted by molar-refractivity contribution is -0.124. The van der Waals surface area contributed by atoms with Crippen LogP contribution in [0, 0.1) is 11.7 Å². The lowest BCUT2D eigenvalue weighted by Gasteiger charge is -2.23. The maximum atomic E-state index is 13.2. The van der Waals surface area contributed by atoms with E-state index in [2.05, 4.69) is 10.6 Å². The molecule has 0 fully saturated rings. The van der Waals surface area contributed by atoms with E-state index in [1.165, 1.54) is 19.1 Å². The zero-order chi connectivity index (χ0) is 23.0. The molecule has 0 aliphatic rings. The molecule has 7 heteroatoms. The van der Waals surface area contributed by atoms with E-state index in [9.17, 15) is 18.8 Å². The summed E-state index contributed by atoms with van der Waals surface area (Å²) in [6.07, 6.45) is 1.11. The Morgan fingerprint density at radius 1 is 1.03 bits per heavy atom. The van der Waals surface area contributed by atoms with Crippen LogP contribution < -0.4 is 15.4 Å². The van der Waals surface area contributed by atoms with E-state index in [1.807, 2.05) is 20.8 Å². The molecular formula is C24H29FN2O4. The number of halogens is 1. The Morgan fingerprint density at radius 2 is 1.71 bits per heavy atom. The molecule has 0 aliphatic carbocycles. The van der Waals surface area contributed by atoms with E-state index in [-0.39, 0.29) is 53.3 Å². The van der Waals surface area contributed by atoms with Gasteiger partial charge in [0, 0.05) is 12.1 Å². The van der Waals surface area contributed by atoms with Gasteiger partial charge in [0.05, 0.1) is 11.6 Å². The van der Waals surface area contributed by atoms with Gasteiger partial charge in [-0.1, -0.05) is 32.9 Å². The molecule has 2 aromatic carbocycles. The van der Waals surface area contributed by atoms with Crippen molar-refractivity contribution in [3.05, 3.63) is 59.4 Å². The Labute approximate surface area is 182 Å². The van der Waals surface area contributed by atoms with Gasteiger partial charge in [-0.15, -0.1) is 0 Å². The normalized spacial score (nSPS) is 11.7. The largest absolute Gasteiger partial charge is 0.483 e.